The predicted octanol–water partition coefficient (Wildman–Crippen LogP) is 5.29. The van der Waals surface area contributed by atoms with Crippen LogP contribution in [0, 0.1) is 0 Å². The molecule has 3 aromatic rings. The topological polar surface area (TPSA) is 65.9 Å². The summed E-state index contributed by atoms with van der Waals surface area (Å²) in [5.74, 6) is 0.0206. The summed E-state index contributed by atoms with van der Waals surface area (Å²) >= 11 is 1.53. The highest BCUT2D eigenvalue weighted by Crippen LogP contribution is 2.35. The van der Waals surface area contributed by atoms with E-state index in [1.54, 1.807) is 13.0 Å². The zero-order valence-electron chi connectivity index (χ0n) is 21.3. The standard InChI is InChI=1S/C29H35N3O3S/c1-5-14-31-17-21(4)32(18-20(31)3)28(24-8-7-9-26(33)15-24)22-10-12-23(13-11-22)29-30-25(19-36-29)16-27(34)35-6-2/h5,7-13,15,19-21,28,33H,1,6,14,16-18H2,2-4H3. The number of carbonyl (C=O) groups excluding carboxylic acids is 1. The SMILES string of the molecule is C=CCN1CC(C)N(C(c2ccc(-c3nc(CC(=O)OCC)cs3)cc2)c2cccc(O)c2)CC1C. The van der Waals surface area contributed by atoms with Crippen molar-refractivity contribution in [1.82, 2.24) is 14.8 Å². The first-order chi connectivity index (χ1) is 17.4. The maximum Gasteiger partial charge on any atom is 0.311 e. The molecule has 0 saturated carbocycles. The quantitative estimate of drug-likeness (QED) is 0.315. The highest BCUT2D eigenvalue weighted by atomic mass is 32.1. The van der Waals surface area contributed by atoms with Crippen molar-refractivity contribution in [1.29, 1.82) is 0 Å². The molecule has 0 bridgehead atoms. The average Bonchev–Trinajstić information content (AvgIpc) is 3.31. The first-order valence-corrected chi connectivity index (χ1v) is 13.4. The van der Waals surface area contributed by atoms with Gasteiger partial charge in [-0.05, 0) is 44.0 Å². The van der Waals surface area contributed by atoms with E-state index < -0.39 is 0 Å². The van der Waals surface area contributed by atoms with Crippen LogP contribution in [-0.2, 0) is 16.0 Å². The largest absolute Gasteiger partial charge is 0.508 e. The van der Waals surface area contributed by atoms with Crippen molar-refractivity contribution in [2.75, 3.05) is 26.2 Å². The number of esters is 1. The predicted molar refractivity (Wildman–Crippen MR) is 145 cm³/mol. The molecular weight excluding hydrogens is 470 g/mol. The fourth-order valence-electron chi connectivity index (χ4n) is 4.96. The lowest BCUT2D eigenvalue weighted by atomic mass is 9.93. The number of benzene rings is 2. The van der Waals surface area contributed by atoms with Crippen molar-refractivity contribution in [2.45, 2.75) is 45.3 Å². The average molecular weight is 506 g/mol. The third kappa shape index (κ3) is 6.03. The number of hydrogen-bond acceptors (Lipinski definition) is 7. The van der Waals surface area contributed by atoms with Gasteiger partial charge in [0, 0.05) is 42.7 Å². The molecule has 1 fully saturated rings. The number of rotatable bonds is 9. The molecule has 2 heterocycles. The van der Waals surface area contributed by atoms with Crippen LogP contribution in [0.2, 0.25) is 0 Å². The Morgan fingerprint density at radius 3 is 2.67 bits per heavy atom. The van der Waals surface area contributed by atoms with Crippen molar-refractivity contribution in [3.05, 3.63) is 83.4 Å². The molecule has 1 saturated heterocycles. The minimum Gasteiger partial charge on any atom is -0.508 e. The normalized spacial score (nSPS) is 19.6. The van der Waals surface area contributed by atoms with Gasteiger partial charge >= 0.3 is 5.97 Å². The molecule has 0 spiro atoms. The van der Waals surface area contributed by atoms with E-state index >= 15 is 0 Å². The molecule has 2 aromatic carbocycles. The van der Waals surface area contributed by atoms with Crippen LogP contribution in [0.15, 0.2) is 66.6 Å². The zero-order chi connectivity index (χ0) is 25.7. The number of phenols is 1. The third-order valence-corrected chi connectivity index (χ3v) is 7.64. The van der Waals surface area contributed by atoms with E-state index in [1.807, 2.05) is 23.6 Å². The lowest BCUT2D eigenvalue weighted by Crippen LogP contribution is -2.57. The van der Waals surface area contributed by atoms with Crippen LogP contribution in [0.3, 0.4) is 0 Å². The lowest BCUT2D eigenvalue weighted by molar-refractivity contribution is -0.142. The van der Waals surface area contributed by atoms with Crippen molar-refractivity contribution in [2.24, 2.45) is 0 Å². The molecule has 0 amide bonds. The Kier molecular flexibility index (Phi) is 8.56. The molecule has 3 unspecified atom stereocenters. The molecule has 4 rings (SSSR count). The van der Waals surface area contributed by atoms with Crippen LogP contribution < -0.4 is 0 Å². The van der Waals surface area contributed by atoms with Gasteiger partial charge in [-0.1, -0.05) is 42.5 Å². The Hall–Kier alpha value is -3.00. The Morgan fingerprint density at radius 2 is 1.97 bits per heavy atom. The fourth-order valence-corrected chi connectivity index (χ4v) is 5.79. The highest BCUT2D eigenvalue weighted by molar-refractivity contribution is 7.13. The van der Waals surface area contributed by atoms with E-state index in [9.17, 15) is 9.90 Å². The molecule has 0 aliphatic carbocycles. The summed E-state index contributed by atoms with van der Waals surface area (Å²) < 4.78 is 5.04. The number of hydrogen-bond donors (Lipinski definition) is 1. The van der Waals surface area contributed by atoms with Gasteiger partial charge < -0.3 is 9.84 Å². The summed E-state index contributed by atoms with van der Waals surface area (Å²) in [6.07, 6.45) is 2.16. The second kappa shape index (κ2) is 11.8. The van der Waals surface area contributed by atoms with Crippen LogP contribution in [0.25, 0.3) is 10.6 Å². The van der Waals surface area contributed by atoms with Crippen LogP contribution in [-0.4, -0.2) is 64.2 Å². The number of aromatic nitrogens is 1. The van der Waals surface area contributed by atoms with E-state index in [1.165, 1.54) is 16.9 Å². The Morgan fingerprint density at radius 1 is 1.19 bits per heavy atom. The number of ether oxygens (including phenoxy) is 1. The second-order valence-electron chi connectivity index (χ2n) is 9.38. The molecule has 36 heavy (non-hydrogen) atoms. The van der Waals surface area contributed by atoms with E-state index in [0.29, 0.717) is 18.7 Å². The van der Waals surface area contributed by atoms with Gasteiger partial charge in [0.2, 0.25) is 0 Å². The number of nitrogens with zero attached hydrogens (tertiary/aromatic N) is 3. The van der Waals surface area contributed by atoms with Crippen molar-refractivity contribution >= 4 is 17.3 Å². The van der Waals surface area contributed by atoms with Gasteiger partial charge in [0.05, 0.1) is 24.8 Å². The van der Waals surface area contributed by atoms with Crippen molar-refractivity contribution < 1.29 is 14.6 Å². The highest BCUT2D eigenvalue weighted by Gasteiger charge is 2.34. The summed E-state index contributed by atoms with van der Waals surface area (Å²) in [6.45, 7) is 13.4. The Bertz CT molecular complexity index is 1180. The molecule has 3 atom stereocenters. The molecule has 6 nitrogen and oxygen atoms in total. The zero-order valence-corrected chi connectivity index (χ0v) is 22.1. The molecule has 1 N–H and O–H groups in total. The molecule has 190 valence electrons. The van der Waals surface area contributed by atoms with Crippen LogP contribution in [0.4, 0.5) is 0 Å². The van der Waals surface area contributed by atoms with E-state index in [4.69, 9.17) is 4.74 Å². The number of piperazine rings is 1. The van der Waals surface area contributed by atoms with Gasteiger partial charge in [-0.3, -0.25) is 14.6 Å². The molecular formula is C29H35N3O3S. The lowest BCUT2D eigenvalue weighted by Gasteiger charge is -2.47. The summed E-state index contributed by atoms with van der Waals surface area (Å²) in [5.41, 5.74) is 4.00. The Balaban J connectivity index is 1.61. The number of thiazole rings is 1. The fraction of sp³-hybridized carbons (Fsp3) is 0.379. The van der Waals surface area contributed by atoms with Crippen LogP contribution >= 0.6 is 11.3 Å². The van der Waals surface area contributed by atoms with Gasteiger partial charge in [0.1, 0.15) is 10.8 Å². The molecule has 0 radical (unpaired) electrons. The first kappa shape index (κ1) is 26.1. The first-order valence-electron chi connectivity index (χ1n) is 12.5. The molecule has 7 heteroatoms. The van der Waals surface area contributed by atoms with Gasteiger partial charge in [-0.25, -0.2) is 4.98 Å². The molecule has 1 aliphatic heterocycles. The maximum atomic E-state index is 11.8. The second-order valence-corrected chi connectivity index (χ2v) is 10.2. The van der Waals surface area contributed by atoms with Crippen molar-refractivity contribution in [3.8, 4) is 16.3 Å². The van der Waals surface area contributed by atoms with E-state index in [-0.39, 0.29) is 24.2 Å². The minimum atomic E-state index is -0.254. The molecule has 1 aromatic heterocycles. The van der Waals surface area contributed by atoms with Crippen LogP contribution in [0.1, 0.15) is 43.6 Å². The number of aromatic hydroxyl groups is 1. The van der Waals surface area contributed by atoms with Gasteiger partial charge in [-0.15, -0.1) is 17.9 Å². The number of carbonyl (C=O) groups is 1. The van der Waals surface area contributed by atoms with Gasteiger partial charge in [0.25, 0.3) is 0 Å². The third-order valence-electron chi connectivity index (χ3n) is 6.70. The maximum absolute atomic E-state index is 11.8. The van der Waals surface area contributed by atoms with Gasteiger partial charge in [0.15, 0.2) is 0 Å². The summed E-state index contributed by atoms with van der Waals surface area (Å²) in [5, 5.41) is 13.1. The van der Waals surface area contributed by atoms with E-state index in [0.717, 1.165) is 41.5 Å². The monoisotopic (exact) mass is 505 g/mol. The van der Waals surface area contributed by atoms with Gasteiger partial charge in [-0.2, -0.15) is 0 Å². The van der Waals surface area contributed by atoms with E-state index in [2.05, 4.69) is 65.5 Å². The van der Waals surface area contributed by atoms with Crippen molar-refractivity contribution in [3.63, 3.8) is 0 Å². The summed E-state index contributed by atoms with van der Waals surface area (Å²) in [6, 6.07) is 16.8. The smallest absolute Gasteiger partial charge is 0.311 e. The van der Waals surface area contributed by atoms with Crippen LogP contribution in [0.5, 0.6) is 5.75 Å². The summed E-state index contributed by atoms with van der Waals surface area (Å²) in [7, 11) is 0. The minimum absolute atomic E-state index is 0.0187. The molecule has 1 aliphatic rings. The number of phenolic OH excluding ortho intramolecular Hbond substituents is 1. The Labute approximate surface area is 217 Å². The summed E-state index contributed by atoms with van der Waals surface area (Å²) in [4.78, 5) is 21.5.